The Kier molecular flexibility index (Phi) is 5.98. The Morgan fingerprint density at radius 2 is 2.04 bits per heavy atom. The van der Waals surface area contributed by atoms with E-state index in [2.05, 4.69) is 0 Å². The molecule has 0 aliphatic carbocycles. The van der Waals surface area contributed by atoms with Gasteiger partial charge in [0, 0.05) is 19.0 Å². The fourth-order valence-corrected chi connectivity index (χ4v) is 2.70. The number of amides is 2. The number of piperidine rings is 1. The van der Waals surface area contributed by atoms with E-state index < -0.39 is 6.10 Å². The van der Waals surface area contributed by atoms with Crippen molar-refractivity contribution < 1.29 is 19.1 Å². The zero-order chi connectivity index (χ0) is 16.8. The predicted octanol–water partition coefficient (Wildman–Crippen LogP) is 1.32. The van der Waals surface area contributed by atoms with Crippen LogP contribution in [0.2, 0.25) is 0 Å². The summed E-state index contributed by atoms with van der Waals surface area (Å²) in [5.74, 6) is 0.320. The van der Waals surface area contributed by atoms with Gasteiger partial charge in [0.2, 0.25) is 5.91 Å². The maximum absolute atomic E-state index is 12.4. The predicted molar refractivity (Wildman–Crippen MR) is 85.7 cm³/mol. The first kappa shape index (κ1) is 17.3. The summed E-state index contributed by atoms with van der Waals surface area (Å²) in [6, 6.07) is 7.56. The SMILES string of the molecule is COc1cccc(COC(C)C(=O)N2CCC(C(N)=O)CC2)c1. The second kappa shape index (κ2) is 7.97. The third kappa shape index (κ3) is 4.69. The summed E-state index contributed by atoms with van der Waals surface area (Å²) >= 11 is 0. The molecular weight excluding hydrogens is 296 g/mol. The van der Waals surface area contributed by atoms with Crippen molar-refractivity contribution in [2.45, 2.75) is 32.5 Å². The van der Waals surface area contributed by atoms with Crippen molar-refractivity contribution in [3.63, 3.8) is 0 Å². The van der Waals surface area contributed by atoms with Crippen LogP contribution in [0.15, 0.2) is 24.3 Å². The average Bonchev–Trinajstić information content (AvgIpc) is 2.59. The third-order valence-electron chi connectivity index (χ3n) is 4.19. The molecule has 2 rings (SSSR count). The summed E-state index contributed by atoms with van der Waals surface area (Å²) in [6.45, 7) is 3.21. The molecule has 0 bridgehead atoms. The maximum atomic E-state index is 12.4. The molecular formula is C17H24N2O4. The van der Waals surface area contributed by atoms with Crippen LogP contribution < -0.4 is 10.5 Å². The van der Waals surface area contributed by atoms with Gasteiger partial charge in [-0.05, 0) is 37.5 Å². The summed E-state index contributed by atoms with van der Waals surface area (Å²) in [5, 5.41) is 0. The van der Waals surface area contributed by atoms with Crippen LogP contribution in [0, 0.1) is 5.92 Å². The number of rotatable bonds is 6. The first-order valence-electron chi connectivity index (χ1n) is 7.84. The lowest BCUT2D eigenvalue weighted by Gasteiger charge is -2.32. The zero-order valence-electron chi connectivity index (χ0n) is 13.7. The Balaban J connectivity index is 1.82. The lowest BCUT2D eigenvalue weighted by molar-refractivity contribution is -0.145. The number of primary amides is 1. The van der Waals surface area contributed by atoms with Crippen LogP contribution in [0.25, 0.3) is 0 Å². The van der Waals surface area contributed by atoms with Crippen molar-refractivity contribution in [3.8, 4) is 5.75 Å². The van der Waals surface area contributed by atoms with E-state index in [-0.39, 0.29) is 17.7 Å². The Hall–Kier alpha value is -2.08. The van der Waals surface area contributed by atoms with Crippen molar-refractivity contribution in [1.82, 2.24) is 4.90 Å². The summed E-state index contributed by atoms with van der Waals surface area (Å²) in [6.07, 6.45) is 0.735. The van der Waals surface area contributed by atoms with Gasteiger partial charge in [0.15, 0.2) is 0 Å². The van der Waals surface area contributed by atoms with E-state index in [0.717, 1.165) is 11.3 Å². The van der Waals surface area contributed by atoms with Gasteiger partial charge in [0.25, 0.3) is 5.91 Å². The van der Waals surface area contributed by atoms with Gasteiger partial charge in [-0.15, -0.1) is 0 Å². The second-order valence-electron chi connectivity index (χ2n) is 5.81. The highest BCUT2D eigenvalue weighted by molar-refractivity contribution is 5.81. The van der Waals surface area contributed by atoms with Crippen molar-refractivity contribution in [1.29, 1.82) is 0 Å². The number of carbonyl (C=O) groups excluding carboxylic acids is 2. The van der Waals surface area contributed by atoms with Crippen LogP contribution in [-0.2, 0) is 20.9 Å². The number of methoxy groups -OCH3 is 1. The quantitative estimate of drug-likeness (QED) is 0.857. The number of hydrogen-bond acceptors (Lipinski definition) is 4. The number of benzene rings is 1. The van der Waals surface area contributed by atoms with Gasteiger partial charge in [0.05, 0.1) is 13.7 Å². The molecule has 6 nitrogen and oxygen atoms in total. The van der Waals surface area contributed by atoms with Gasteiger partial charge in [-0.1, -0.05) is 12.1 Å². The molecule has 1 saturated heterocycles. The number of likely N-dealkylation sites (tertiary alicyclic amines) is 1. The highest BCUT2D eigenvalue weighted by Gasteiger charge is 2.28. The molecule has 0 radical (unpaired) electrons. The number of hydrogen-bond donors (Lipinski definition) is 1. The lowest BCUT2D eigenvalue weighted by Crippen LogP contribution is -2.45. The zero-order valence-corrected chi connectivity index (χ0v) is 13.7. The van der Waals surface area contributed by atoms with Crippen LogP contribution in [0.4, 0.5) is 0 Å². The first-order chi connectivity index (χ1) is 11.0. The lowest BCUT2D eigenvalue weighted by atomic mass is 9.96. The molecule has 1 unspecified atom stereocenters. The molecule has 1 aliphatic rings. The maximum Gasteiger partial charge on any atom is 0.251 e. The summed E-state index contributed by atoms with van der Waals surface area (Å²) in [7, 11) is 1.61. The van der Waals surface area contributed by atoms with Gasteiger partial charge in [-0.25, -0.2) is 0 Å². The van der Waals surface area contributed by atoms with Crippen LogP contribution in [0.1, 0.15) is 25.3 Å². The van der Waals surface area contributed by atoms with E-state index in [1.54, 1.807) is 18.9 Å². The Labute approximate surface area is 136 Å². The monoisotopic (exact) mass is 320 g/mol. The molecule has 1 aromatic carbocycles. The molecule has 0 saturated carbocycles. The standard InChI is InChI=1S/C17H24N2O4/c1-12(23-11-13-4-3-5-15(10-13)22-2)17(21)19-8-6-14(7-9-19)16(18)20/h3-5,10,12,14H,6-9,11H2,1-2H3,(H2,18,20). The summed E-state index contributed by atoms with van der Waals surface area (Å²) in [5.41, 5.74) is 6.26. The smallest absolute Gasteiger partial charge is 0.251 e. The molecule has 0 aromatic heterocycles. The van der Waals surface area contributed by atoms with Crippen LogP contribution in [0.3, 0.4) is 0 Å². The number of ether oxygens (including phenoxy) is 2. The topological polar surface area (TPSA) is 81.9 Å². The van der Waals surface area contributed by atoms with Crippen molar-refractivity contribution in [2.75, 3.05) is 20.2 Å². The Bertz CT molecular complexity index is 553. The van der Waals surface area contributed by atoms with Crippen molar-refractivity contribution >= 4 is 11.8 Å². The molecule has 0 spiro atoms. The average molecular weight is 320 g/mol. The minimum Gasteiger partial charge on any atom is -0.497 e. The molecule has 1 heterocycles. The first-order valence-corrected chi connectivity index (χ1v) is 7.84. The Morgan fingerprint density at radius 1 is 1.35 bits per heavy atom. The molecule has 1 aliphatic heterocycles. The molecule has 2 amide bonds. The molecule has 1 atom stereocenters. The van der Waals surface area contributed by atoms with Crippen LogP contribution >= 0.6 is 0 Å². The van der Waals surface area contributed by atoms with Crippen LogP contribution in [0.5, 0.6) is 5.75 Å². The van der Waals surface area contributed by atoms with Crippen molar-refractivity contribution in [2.24, 2.45) is 11.7 Å². The van der Waals surface area contributed by atoms with Gasteiger partial charge in [0.1, 0.15) is 11.9 Å². The minimum atomic E-state index is -0.522. The van der Waals surface area contributed by atoms with Crippen molar-refractivity contribution in [3.05, 3.63) is 29.8 Å². The van der Waals surface area contributed by atoms with E-state index >= 15 is 0 Å². The summed E-state index contributed by atoms with van der Waals surface area (Å²) in [4.78, 5) is 25.3. The Morgan fingerprint density at radius 3 is 2.65 bits per heavy atom. The van der Waals surface area contributed by atoms with Gasteiger partial charge >= 0.3 is 0 Å². The highest BCUT2D eigenvalue weighted by atomic mass is 16.5. The molecule has 2 N–H and O–H groups in total. The molecule has 126 valence electrons. The van der Waals surface area contributed by atoms with E-state index in [1.165, 1.54) is 0 Å². The minimum absolute atomic E-state index is 0.0455. The number of nitrogens with two attached hydrogens (primary N) is 1. The molecule has 6 heteroatoms. The van der Waals surface area contributed by atoms with E-state index in [9.17, 15) is 9.59 Å². The molecule has 1 fully saturated rings. The normalized spacial score (nSPS) is 16.9. The van der Waals surface area contributed by atoms with E-state index in [4.69, 9.17) is 15.2 Å². The van der Waals surface area contributed by atoms with E-state index in [1.807, 2.05) is 24.3 Å². The van der Waals surface area contributed by atoms with Gasteiger partial charge in [-0.2, -0.15) is 0 Å². The second-order valence-corrected chi connectivity index (χ2v) is 5.81. The van der Waals surface area contributed by atoms with Gasteiger partial charge in [-0.3, -0.25) is 9.59 Å². The molecule has 23 heavy (non-hydrogen) atoms. The largest absolute Gasteiger partial charge is 0.497 e. The fraction of sp³-hybridized carbons (Fsp3) is 0.529. The summed E-state index contributed by atoms with van der Waals surface area (Å²) < 4.78 is 10.8. The third-order valence-corrected chi connectivity index (χ3v) is 4.19. The fourth-order valence-electron chi connectivity index (χ4n) is 2.70. The van der Waals surface area contributed by atoms with E-state index in [0.29, 0.717) is 32.5 Å². The van der Waals surface area contributed by atoms with Crippen LogP contribution in [-0.4, -0.2) is 43.0 Å². The number of nitrogens with zero attached hydrogens (tertiary/aromatic N) is 1. The highest BCUT2D eigenvalue weighted by Crippen LogP contribution is 2.18. The van der Waals surface area contributed by atoms with Gasteiger partial charge < -0.3 is 20.1 Å². The molecule has 1 aromatic rings. The number of carbonyl (C=O) groups is 2.